The highest BCUT2D eigenvalue weighted by Crippen LogP contribution is 2.41. The second-order valence-electron chi connectivity index (χ2n) is 8.49. The number of anilines is 1. The molecule has 0 radical (unpaired) electrons. The summed E-state index contributed by atoms with van der Waals surface area (Å²) < 4.78 is 7.65. The normalized spacial score (nSPS) is 16.0. The predicted octanol–water partition coefficient (Wildman–Crippen LogP) is 4.27. The summed E-state index contributed by atoms with van der Waals surface area (Å²) >= 11 is 0. The van der Waals surface area contributed by atoms with E-state index in [1.807, 2.05) is 46.3 Å². The molecule has 1 aliphatic rings. The summed E-state index contributed by atoms with van der Waals surface area (Å²) in [7, 11) is 0. The molecule has 2 aromatic rings. The third kappa shape index (κ3) is 3.70. The first kappa shape index (κ1) is 17.5. The molecule has 1 aliphatic heterocycles. The number of imidazole rings is 1. The maximum Gasteiger partial charge on any atom is 0.414 e. The van der Waals surface area contributed by atoms with Crippen molar-refractivity contribution in [3.63, 3.8) is 0 Å². The van der Waals surface area contributed by atoms with Gasteiger partial charge in [-0.2, -0.15) is 0 Å². The van der Waals surface area contributed by atoms with Crippen LogP contribution in [0.15, 0.2) is 30.7 Å². The van der Waals surface area contributed by atoms with Crippen molar-refractivity contribution in [3.8, 4) is 0 Å². The van der Waals surface area contributed by atoms with Crippen LogP contribution in [0.4, 0.5) is 10.5 Å². The Morgan fingerprint density at radius 1 is 1.32 bits per heavy atom. The third-order valence-electron chi connectivity index (χ3n) is 4.38. The minimum Gasteiger partial charge on any atom is -0.443 e. The van der Waals surface area contributed by atoms with Crippen LogP contribution in [-0.2, 0) is 16.7 Å². The fourth-order valence-electron chi connectivity index (χ4n) is 3.27. The molecule has 0 saturated heterocycles. The Morgan fingerprint density at radius 2 is 2.04 bits per heavy atom. The molecule has 134 valence electrons. The highest BCUT2D eigenvalue weighted by Gasteiger charge is 2.39. The highest BCUT2D eigenvalue weighted by molar-refractivity contribution is 5.91. The van der Waals surface area contributed by atoms with E-state index in [0.717, 1.165) is 17.9 Å². The Labute approximate surface area is 149 Å². The van der Waals surface area contributed by atoms with E-state index < -0.39 is 5.60 Å². The van der Waals surface area contributed by atoms with Gasteiger partial charge in [-0.1, -0.05) is 26.0 Å². The molecule has 1 aromatic heterocycles. The molecule has 0 atom stereocenters. The molecule has 1 aromatic carbocycles. The molecule has 0 spiro atoms. The van der Waals surface area contributed by atoms with Gasteiger partial charge in [-0.25, -0.2) is 9.78 Å². The lowest BCUT2D eigenvalue weighted by molar-refractivity contribution is 0.0579. The van der Waals surface area contributed by atoms with Gasteiger partial charge in [0.1, 0.15) is 5.60 Å². The average molecular weight is 341 g/mol. The van der Waals surface area contributed by atoms with Gasteiger partial charge < -0.3 is 9.30 Å². The van der Waals surface area contributed by atoms with Crippen molar-refractivity contribution in [1.29, 1.82) is 0 Å². The molecule has 0 aliphatic carbocycles. The minimum absolute atomic E-state index is 0.104. The number of carbonyl (C=O) groups is 1. The van der Waals surface area contributed by atoms with Crippen LogP contribution in [0.25, 0.3) is 0 Å². The van der Waals surface area contributed by atoms with Crippen LogP contribution in [0.5, 0.6) is 0 Å². The van der Waals surface area contributed by atoms with Crippen molar-refractivity contribution in [3.05, 3.63) is 47.5 Å². The summed E-state index contributed by atoms with van der Waals surface area (Å²) in [5.41, 5.74) is 3.75. The van der Waals surface area contributed by atoms with Crippen LogP contribution >= 0.6 is 0 Å². The minimum atomic E-state index is -0.497. The second-order valence-corrected chi connectivity index (χ2v) is 8.49. The topological polar surface area (TPSA) is 47.4 Å². The van der Waals surface area contributed by atoms with Crippen molar-refractivity contribution in [2.75, 3.05) is 11.4 Å². The first-order valence-electron chi connectivity index (χ1n) is 8.67. The number of hydrogen-bond donors (Lipinski definition) is 0. The molecular formula is C20H27N3O2. The van der Waals surface area contributed by atoms with Gasteiger partial charge in [-0.05, 0) is 44.9 Å². The molecule has 25 heavy (non-hydrogen) atoms. The number of amides is 1. The van der Waals surface area contributed by atoms with Crippen LogP contribution in [0.2, 0.25) is 0 Å². The number of aryl methyl sites for hydroxylation is 1. The lowest BCUT2D eigenvalue weighted by Crippen LogP contribution is -2.38. The zero-order valence-corrected chi connectivity index (χ0v) is 16.0. The molecule has 5 heteroatoms. The molecule has 0 bridgehead atoms. The SMILES string of the molecule is Cc1cn(Cc2ccc3c(c2)C(C)(C)CN3C(=O)OC(C)(C)C)cn1. The second kappa shape index (κ2) is 5.90. The molecule has 3 rings (SSSR count). The standard InChI is InChI=1S/C20H27N3O2/c1-14-10-22(13-21-14)11-15-7-8-17-16(9-15)20(5,6)12-23(17)18(24)25-19(2,3)4/h7-10,13H,11-12H2,1-6H3. The molecule has 1 amide bonds. The van der Waals surface area contributed by atoms with Crippen molar-refractivity contribution in [2.45, 2.75) is 59.1 Å². The zero-order chi connectivity index (χ0) is 18.4. The zero-order valence-electron chi connectivity index (χ0n) is 16.0. The molecule has 0 unspecified atom stereocenters. The van der Waals surface area contributed by atoms with E-state index in [0.29, 0.717) is 6.54 Å². The monoisotopic (exact) mass is 341 g/mol. The van der Waals surface area contributed by atoms with E-state index in [2.05, 4.69) is 35.5 Å². The number of benzene rings is 1. The maximum absolute atomic E-state index is 12.6. The number of nitrogens with zero attached hydrogens (tertiary/aromatic N) is 3. The summed E-state index contributed by atoms with van der Waals surface area (Å²) in [6.07, 6.45) is 3.60. The molecule has 5 nitrogen and oxygen atoms in total. The summed E-state index contributed by atoms with van der Waals surface area (Å²) in [4.78, 5) is 18.6. The number of ether oxygens (including phenoxy) is 1. The lowest BCUT2D eigenvalue weighted by atomic mass is 9.86. The van der Waals surface area contributed by atoms with Crippen LogP contribution in [0.1, 0.15) is 51.4 Å². The van der Waals surface area contributed by atoms with Gasteiger partial charge in [-0.15, -0.1) is 0 Å². The summed E-state index contributed by atoms with van der Waals surface area (Å²) in [6.45, 7) is 13.4. The number of rotatable bonds is 2. The Morgan fingerprint density at radius 3 is 2.64 bits per heavy atom. The number of fused-ring (bicyclic) bond motifs is 1. The smallest absolute Gasteiger partial charge is 0.414 e. The van der Waals surface area contributed by atoms with Gasteiger partial charge in [0.05, 0.1) is 17.7 Å². The van der Waals surface area contributed by atoms with Gasteiger partial charge in [0.25, 0.3) is 0 Å². The Bertz CT molecular complexity index is 800. The van der Waals surface area contributed by atoms with E-state index >= 15 is 0 Å². The van der Waals surface area contributed by atoms with E-state index in [4.69, 9.17) is 4.74 Å². The van der Waals surface area contributed by atoms with Gasteiger partial charge >= 0.3 is 6.09 Å². The van der Waals surface area contributed by atoms with Crippen molar-refractivity contribution in [1.82, 2.24) is 9.55 Å². The lowest BCUT2D eigenvalue weighted by Gasteiger charge is -2.25. The molecule has 2 heterocycles. The van der Waals surface area contributed by atoms with E-state index in [9.17, 15) is 4.79 Å². The van der Waals surface area contributed by atoms with Crippen molar-refractivity contribution >= 4 is 11.8 Å². The molecule has 0 saturated carbocycles. The summed E-state index contributed by atoms with van der Waals surface area (Å²) in [5, 5.41) is 0. The predicted molar refractivity (Wildman–Crippen MR) is 99.1 cm³/mol. The fourth-order valence-corrected chi connectivity index (χ4v) is 3.27. The maximum atomic E-state index is 12.6. The molecule has 0 fully saturated rings. The number of hydrogen-bond acceptors (Lipinski definition) is 3. The molecule has 0 N–H and O–H groups in total. The third-order valence-corrected chi connectivity index (χ3v) is 4.38. The van der Waals surface area contributed by atoms with E-state index in [1.165, 1.54) is 11.1 Å². The van der Waals surface area contributed by atoms with E-state index in [1.54, 1.807) is 4.90 Å². The van der Waals surface area contributed by atoms with Gasteiger partial charge in [0.15, 0.2) is 0 Å². The Hall–Kier alpha value is -2.30. The van der Waals surface area contributed by atoms with Gasteiger partial charge in [-0.3, -0.25) is 4.90 Å². The van der Waals surface area contributed by atoms with Crippen molar-refractivity contribution < 1.29 is 9.53 Å². The van der Waals surface area contributed by atoms with Crippen LogP contribution in [-0.4, -0.2) is 27.8 Å². The fraction of sp³-hybridized carbons (Fsp3) is 0.500. The first-order chi connectivity index (χ1) is 11.5. The van der Waals surface area contributed by atoms with Crippen molar-refractivity contribution in [2.24, 2.45) is 0 Å². The number of carbonyl (C=O) groups excluding carboxylic acids is 1. The van der Waals surface area contributed by atoms with Crippen LogP contribution in [0.3, 0.4) is 0 Å². The first-order valence-corrected chi connectivity index (χ1v) is 8.67. The Kier molecular flexibility index (Phi) is 4.13. The van der Waals surface area contributed by atoms with Gasteiger partial charge in [0.2, 0.25) is 0 Å². The largest absolute Gasteiger partial charge is 0.443 e. The average Bonchev–Trinajstić information content (AvgIpc) is 2.99. The van der Waals surface area contributed by atoms with Crippen LogP contribution in [0, 0.1) is 6.92 Å². The quantitative estimate of drug-likeness (QED) is 0.819. The Balaban J connectivity index is 1.88. The highest BCUT2D eigenvalue weighted by atomic mass is 16.6. The molecular weight excluding hydrogens is 314 g/mol. The summed E-state index contributed by atoms with van der Waals surface area (Å²) in [6, 6.07) is 6.31. The van der Waals surface area contributed by atoms with Gasteiger partial charge in [0, 0.05) is 24.7 Å². The number of aromatic nitrogens is 2. The van der Waals surface area contributed by atoms with E-state index in [-0.39, 0.29) is 11.5 Å². The summed E-state index contributed by atoms with van der Waals surface area (Å²) in [5.74, 6) is 0. The van der Waals surface area contributed by atoms with Crippen LogP contribution < -0.4 is 4.90 Å².